The van der Waals surface area contributed by atoms with E-state index in [-0.39, 0.29) is 0 Å². The Morgan fingerprint density at radius 3 is 3.07 bits per heavy atom. The summed E-state index contributed by atoms with van der Waals surface area (Å²) in [5.41, 5.74) is 4.20. The number of H-pyrrole nitrogens is 1. The van der Waals surface area contributed by atoms with Crippen LogP contribution in [0.2, 0.25) is 0 Å². The van der Waals surface area contributed by atoms with E-state index in [9.17, 15) is 0 Å². The average Bonchev–Trinajstić information content (AvgIpc) is 2.72. The molecule has 2 bridgehead atoms. The number of nitrogens with zero attached hydrogens (tertiary/aromatic N) is 1. The lowest BCUT2D eigenvalue weighted by atomic mass is 9.96. The molecule has 1 aromatic rings. The molecule has 0 radical (unpaired) electrons. The summed E-state index contributed by atoms with van der Waals surface area (Å²) in [5.74, 6) is 0.691. The van der Waals surface area contributed by atoms with Gasteiger partial charge in [0.1, 0.15) is 0 Å². The smallest absolute Gasteiger partial charge is 0.0675 e. The molecule has 2 N–H and O–H groups in total. The molecule has 2 aliphatic heterocycles. The van der Waals surface area contributed by atoms with Gasteiger partial charge in [0.05, 0.1) is 5.69 Å². The van der Waals surface area contributed by atoms with E-state index >= 15 is 0 Å². The highest BCUT2D eigenvalue weighted by Crippen LogP contribution is 2.37. The van der Waals surface area contributed by atoms with Crippen LogP contribution in [0.1, 0.15) is 49.7 Å². The topological polar surface area (TPSA) is 40.7 Å². The lowest BCUT2D eigenvalue weighted by Gasteiger charge is -2.22. The summed E-state index contributed by atoms with van der Waals surface area (Å²) in [7, 11) is 0. The first-order valence-corrected chi connectivity index (χ1v) is 6.06. The van der Waals surface area contributed by atoms with Crippen molar-refractivity contribution >= 4 is 0 Å². The van der Waals surface area contributed by atoms with Crippen LogP contribution in [0.4, 0.5) is 0 Å². The van der Waals surface area contributed by atoms with Gasteiger partial charge in [-0.2, -0.15) is 5.10 Å². The van der Waals surface area contributed by atoms with Crippen LogP contribution in [-0.2, 0) is 12.8 Å². The first-order chi connectivity index (χ1) is 7.24. The van der Waals surface area contributed by atoms with Crippen molar-refractivity contribution in [1.82, 2.24) is 15.5 Å². The van der Waals surface area contributed by atoms with Gasteiger partial charge in [0.15, 0.2) is 0 Å². The fraction of sp³-hybridized carbons (Fsp3) is 0.750. The van der Waals surface area contributed by atoms with Crippen LogP contribution in [-0.4, -0.2) is 16.2 Å². The van der Waals surface area contributed by atoms with Gasteiger partial charge >= 0.3 is 0 Å². The zero-order valence-corrected chi connectivity index (χ0v) is 9.51. The molecule has 15 heavy (non-hydrogen) atoms. The zero-order valence-electron chi connectivity index (χ0n) is 9.51. The first kappa shape index (κ1) is 9.40. The fourth-order valence-electron chi connectivity index (χ4n) is 2.99. The second-order valence-electron chi connectivity index (χ2n) is 5.36. The number of nitrogens with one attached hydrogen (secondary N) is 2. The minimum absolute atomic E-state index is 0.589. The van der Waals surface area contributed by atoms with E-state index in [0.29, 0.717) is 18.0 Å². The maximum absolute atomic E-state index is 4.49. The molecule has 1 aromatic heterocycles. The van der Waals surface area contributed by atoms with Crippen LogP contribution in [0, 0.1) is 5.92 Å². The van der Waals surface area contributed by atoms with E-state index in [4.69, 9.17) is 0 Å². The molecule has 2 atom stereocenters. The lowest BCUT2D eigenvalue weighted by molar-refractivity contribution is 0.506. The minimum Gasteiger partial charge on any atom is -0.307 e. The molecular weight excluding hydrogens is 186 g/mol. The highest BCUT2D eigenvalue weighted by atomic mass is 15.2. The van der Waals surface area contributed by atoms with Crippen molar-refractivity contribution in [3.63, 3.8) is 0 Å². The minimum atomic E-state index is 0.589. The van der Waals surface area contributed by atoms with Gasteiger partial charge in [0.2, 0.25) is 0 Å². The highest BCUT2D eigenvalue weighted by molar-refractivity contribution is 5.34. The Bertz CT molecular complexity index is 367. The monoisotopic (exact) mass is 205 g/mol. The first-order valence-electron chi connectivity index (χ1n) is 6.06. The summed E-state index contributed by atoms with van der Waals surface area (Å²) in [6.07, 6.45) is 4.88. The van der Waals surface area contributed by atoms with Gasteiger partial charge in [0.25, 0.3) is 0 Å². The van der Waals surface area contributed by atoms with Crippen molar-refractivity contribution < 1.29 is 0 Å². The van der Waals surface area contributed by atoms with Gasteiger partial charge in [-0.3, -0.25) is 5.10 Å². The lowest BCUT2D eigenvalue weighted by Crippen LogP contribution is -2.31. The van der Waals surface area contributed by atoms with Crippen molar-refractivity contribution in [3.05, 3.63) is 17.0 Å². The van der Waals surface area contributed by atoms with Crippen molar-refractivity contribution in [1.29, 1.82) is 0 Å². The zero-order chi connectivity index (χ0) is 10.4. The molecule has 3 rings (SSSR count). The van der Waals surface area contributed by atoms with Gasteiger partial charge in [-0.25, -0.2) is 0 Å². The molecule has 3 heterocycles. The van der Waals surface area contributed by atoms with E-state index in [2.05, 4.69) is 29.4 Å². The Morgan fingerprint density at radius 2 is 2.27 bits per heavy atom. The van der Waals surface area contributed by atoms with Gasteiger partial charge in [0, 0.05) is 29.8 Å². The number of rotatable bonds is 2. The third-order valence-corrected chi connectivity index (χ3v) is 3.60. The largest absolute Gasteiger partial charge is 0.307 e. The number of aromatic amines is 1. The Labute approximate surface area is 90.7 Å². The molecule has 0 amide bonds. The Hall–Kier alpha value is -0.830. The van der Waals surface area contributed by atoms with Gasteiger partial charge in [-0.1, -0.05) is 13.8 Å². The molecule has 0 unspecified atom stereocenters. The standard InChI is InChI=1S/C12H19N3/c1-7(2)5-10-12-9-4-3-8(13-9)6-11(12)15-14-10/h7-9,13H,3-6H2,1-2H3,(H,14,15)/t8-,9-/m1/s1. The van der Waals surface area contributed by atoms with Gasteiger partial charge in [-0.05, 0) is 25.2 Å². The third-order valence-electron chi connectivity index (χ3n) is 3.60. The highest BCUT2D eigenvalue weighted by Gasteiger charge is 2.35. The van der Waals surface area contributed by atoms with Crippen molar-refractivity contribution in [2.45, 2.75) is 51.6 Å². The van der Waals surface area contributed by atoms with Gasteiger partial charge < -0.3 is 5.32 Å². The summed E-state index contributed by atoms with van der Waals surface area (Å²) in [6, 6.07) is 1.29. The molecule has 1 saturated heterocycles. The van der Waals surface area contributed by atoms with E-state index in [0.717, 1.165) is 12.8 Å². The van der Waals surface area contributed by atoms with Crippen LogP contribution in [0.5, 0.6) is 0 Å². The van der Waals surface area contributed by atoms with Crippen molar-refractivity contribution in [2.75, 3.05) is 0 Å². The van der Waals surface area contributed by atoms with E-state index in [1.165, 1.54) is 29.8 Å². The van der Waals surface area contributed by atoms with Crippen LogP contribution in [0.25, 0.3) is 0 Å². The summed E-state index contributed by atoms with van der Waals surface area (Å²) in [4.78, 5) is 0. The Morgan fingerprint density at radius 1 is 1.40 bits per heavy atom. The van der Waals surface area contributed by atoms with E-state index < -0.39 is 0 Å². The predicted octanol–water partition coefficient (Wildman–Crippen LogP) is 1.96. The molecule has 0 aliphatic carbocycles. The third kappa shape index (κ3) is 1.49. The average molecular weight is 205 g/mol. The van der Waals surface area contributed by atoms with Crippen molar-refractivity contribution in [2.24, 2.45) is 5.92 Å². The molecule has 3 nitrogen and oxygen atoms in total. The van der Waals surface area contributed by atoms with Crippen LogP contribution >= 0.6 is 0 Å². The van der Waals surface area contributed by atoms with E-state index in [1.807, 2.05) is 0 Å². The quantitative estimate of drug-likeness (QED) is 0.775. The Kier molecular flexibility index (Phi) is 2.09. The number of hydrogen-bond donors (Lipinski definition) is 2. The predicted molar refractivity (Wildman–Crippen MR) is 59.7 cm³/mol. The van der Waals surface area contributed by atoms with Gasteiger partial charge in [-0.15, -0.1) is 0 Å². The molecular formula is C12H19N3. The van der Waals surface area contributed by atoms with Crippen LogP contribution in [0.3, 0.4) is 0 Å². The Balaban J connectivity index is 1.95. The second-order valence-corrected chi connectivity index (χ2v) is 5.36. The maximum Gasteiger partial charge on any atom is 0.0675 e. The second kappa shape index (κ2) is 3.34. The number of fused-ring (bicyclic) bond motifs is 4. The number of hydrogen-bond acceptors (Lipinski definition) is 2. The molecule has 2 aliphatic rings. The molecule has 3 heteroatoms. The van der Waals surface area contributed by atoms with Crippen LogP contribution < -0.4 is 5.32 Å². The number of aromatic nitrogens is 2. The normalized spacial score (nSPS) is 28.5. The van der Waals surface area contributed by atoms with Crippen LogP contribution in [0.15, 0.2) is 0 Å². The maximum atomic E-state index is 4.49. The summed E-state index contributed by atoms with van der Waals surface area (Å²) in [5, 5.41) is 11.4. The summed E-state index contributed by atoms with van der Waals surface area (Å²) < 4.78 is 0. The molecule has 1 fully saturated rings. The summed E-state index contributed by atoms with van der Waals surface area (Å²) in [6.45, 7) is 4.52. The fourth-order valence-corrected chi connectivity index (χ4v) is 2.99. The molecule has 0 saturated carbocycles. The van der Waals surface area contributed by atoms with Crippen molar-refractivity contribution in [3.8, 4) is 0 Å². The molecule has 0 spiro atoms. The summed E-state index contributed by atoms with van der Waals surface area (Å²) >= 11 is 0. The molecule has 82 valence electrons. The SMILES string of the molecule is CC(C)Cc1n[nH]c2c1[C@H]1CC[C@H](C2)N1. The van der Waals surface area contributed by atoms with E-state index in [1.54, 1.807) is 0 Å². The molecule has 0 aromatic carbocycles.